The minimum Gasteiger partial charge on any atom is -0.493 e. The highest BCUT2D eigenvalue weighted by Gasteiger charge is 2.31. The Morgan fingerprint density at radius 2 is 1.57 bits per heavy atom. The molecule has 0 aliphatic carbocycles. The van der Waals surface area contributed by atoms with Crippen LogP contribution in [0.5, 0.6) is 17.2 Å². The number of alkyl halides is 3. The van der Waals surface area contributed by atoms with E-state index in [-0.39, 0.29) is 49.1 Å². The summed E-state index contributed by atoms with van der Waals surface area (Å²) in [7, 11) is 1.43. The number of carbonyl (C=O) groups is 2. The molecular weight excluding hydrogens is 487 g/mol. The Morgan fingerprint density at radius 3 is 2.19 bits per heavy atom. The van der Waals surface area contributed by atoms with E-state index in [1.807, 2.05) is 30.3 Å². The molecule has 0 spiro atoms. The molecule has 196 valence electrons. The number of ether oxygens (including phenoxy) is 3. The molecule has 3 rings (SSSR count). The Balaban J connectivity index is 1.98. The third kappa shape index (κ3) is 7.73. The minimum absolute atomic E-state index is 0.0107. The van der Waals surface area contributed by atoms with Gasteiger partial charge in [-0.15, -0.1) is 0 Å². The van der Waals surface area contributed by atoms with Crippen LogP contribution in [-0.4, -0.2) is 30.5 Å². The van der Waals surface area contributed by atoms with Crippen molar-refractivity contribution in [3.05, 3.63) is 89.0 Å². The van der Waals surface area contributed by atoms with Gasteiger partial charge in [0.15, 0.2) is 11.5 Å². The third-order valence-electron chi connectivity index (χ3n) is 5.51. The number of rotatable bonds is 10. The number of methoxy groups -OCH3 is 1. The first-order valence-corrected chi connectivity index (χ1v) is 11.6. The molecule has 0 unspecified atom stereocenters. The highest BCUT2D eigenvalue weighted by molar-refractivity contribution is 5.74. The zero-order valence-corrected chi connectivity index (χ0v) is 20.8. The van der Waals surface area contributed by atoms with Crippen molar-refractivity contribution in [2.45, 2.75) is 39.5 Å². The molecule has 0 bridgehead atoms. The molecule has 0 saturated heterocycles. The van der Waals surface area contributed by atoms with Crippen molar-refractivity contribution in [2.24, 2.45) is 0 Å². The molecular formula is C28H28F3NO5. The van der Waals surface area contributed by atoms with Crippen molar-refractivity contribution in [3.8, 4) is 17.2 Å². The topological polar surface area (TPSA) is 65.1 Å². The highest BCUT2D eigenvalue weighted by atomic mass is 19.4. The van der Waals surface area contributed by atoms with E-state index in [1.165, 1.54) is 25.0 Å². The van der Waals surface area contributed by atoms with Crippen LogP contribution in [0.2, 0.25) is 0 Å². The maximum Gasteiger partial charge on any atom is 0.416 e. The second-order valence-electron chi connectivity index (χ2n) is 8.25. The molecule has 0 aliphatic heterocycles. The van der Waals surface area contributed by atoms with Gasteiger partial charge in [-0.25, -0.2) is 0 Å². The third-order valence-corrected chi connectivity index (χ3v) is 5.51. The number of hydrogen-bond donors (Lipinski definition) is 0. The summed E-state index contributed by atoms with van der Waals surface area (Å²) in [6.45, 7) is 3.40. The van der Waals surface area contributed by atoms with Gasteiger partial charge in [0.25, 0.3) is 0 Å². The zero-order chi connectivity index (χ0) is 27.0. The molecule has 0 saturated carbocycles. The van der Waals surface area contributed by atoms with Gasteiger partial charge in [0.2, 0.25) is 5.91 Å². The predicted octanol–water partition coefficient (Wildman–Crippen LogP) is 6.16. The number of carbonyl (C=O) groups excluding carboxylic acids is 2. The van der Waals surface area contributed by atoms with E-state index in [2.05, 4.69) is 0 Å². The molecule has 0 aromatic heterocycles. The van der Waals surface area contributed by atoms with Crippen molar-refractivity contribution in [1.29, 1.82) is 0 Å². The lowest BCUT2D eigenvalue weighted by atomic mass is 10.1. The molecule has 0 aliphatic rings. The standard InChI is InChI=1S/C28H28F3NO5/c1-4-36-27(34)15-21-10-12-25(35-3)26(14-21)37-24-13-11-23(28(29,30)31)16-22(24)18-32(19(2)33)17-20-8-6-5-7-9-20/h5-14,16H,4,15,17-18H2,1-3H3. The molecule has 0 radical (unpaired) electrons. The Labute approximate surface area is 213 Å². The van der Waals surface area contributed by atoms with Gasteiger partial charge < -0.3 is 19.1 Å². The number of halogens is 3. The lowest BCUT2D eigenvalue weighted by molar-refractivity contribution is -0.142. The van der Waals surface area contributed by atoms with E-state index in [9.17, 15) is 22.8 Å². The van der Waals surface area contributed by atoms with Gasteiger partial charge in [0, 0.05) is 25.6 Å². The average molecular weight is 516 g/mol. The van der Waals surface area contributed by atoms with Gasteiger partial charge >= 0.3 is 12.1 Å². The van der Waals surface area contributed by atoms with Crippen LogP contribution in [0, 0.1) is 0 Å². The maximum absolute atomic E-state index is 13.5. The second kappa shape index (κ2) is 12.3. The largest absolute Gasteiger partial charge is 0.493 e. The van der Waals surface area contributed by atoms with Crippen LogP contribution in [0.3, 0.4) is 0 Å². The summed E-state index contributed by atoms with van der Waals surface area (Å²) in [4.78, 5) is 25.8. The molecule has 6 nitrogen and oxygen atoms in total. The molecule has 0 heterocycles. The van der Waals surface area contributed by atoms with Gasteiger partial charge in [0.1, 0.15) is 5.75 Å². The van der Waals surface area contributed by atoms with Crippen LogP contribution in [0.15, 0.2) is 66.7 Å². The van der Waals surface area contributed by atoms with E-state index in [0.29, 0.717) is 11.3 Å². The van der Waals surface area contributed by atoms with Gasteiger partial charge in [-0.05, 0) is 48.4 Å². The lowest BCUT2D eigenvalue weighted by Gasteiger charge is -2.24. The number of benzene rings is 3. The quantitative estimate of drug-likeness (QED) is 0.303. The van der Waals surface area contributed by atoms with Crippen molar-refractivity contribution in [2.75, 3.05) is 13.7 Å². The van der Waals surface area contributed by atoms with Gasteiger partial charge in [-0.2, -0.15) is 13.2 Å². The summed E-state index contributed by atoms with van der Waals surface area (Å²) >= 11 is 0. The maximum atomic E-state index is 13.5. The van der Waals surface area contributed by atoms with Crippen LogP contribution >= 0.6 is 0 Å². The molecule has 3 aromatic carbocycles. The van der Waals surface area contributed by atoms with E-state index >= 15 is 0 Å². The van der Waals surface area contributed by atoms with Crippen molar-refractivity contribution in [1.82, 2.24) is 4.90 Å². The summed E-state index contributed by atoms with van der Waals surface area (Å²) in [5.41, 5.74) is 0.720. The van der Waals surface area contributed by atoms with E-state index in [4.69, 9.17) is 14.2 Å². The smallest absolute Gasteiger partial charge is 0.416 e. The van der Waals surface area contributed by atoms with Crippen LogP contribution < -0.4 is 9.47 Å². The Hall–Kier alpha value is -4.01. The average Bonchev–Trinajstić information content (AvgIpc) is 2.85. The van der Waals surface area contributed by atoms with Gasteiger partial charge in [-0.3, -0.25) is 9.59 Å². The number of hydrogen-bond acceptors (Lipinski definition) is 5. The molecule has 0 atom stereocenters. The van der Waals surface area contributed by atoms with Gasteiger partial charge in [0.05, 0.1) is 25.7 Å². The first kappa shape index (κ1) is 27.6. The first-order valence-electron chi connectivity index (χ1n) is 11.6. The number of nitrogens with zero attached hydrogens (tertiary/aromatic N) is 1. The van der Waals surface area contributed by atoms with Crippen molar-refractivity contribution < 1.29 is 37.0 Å². The SMILES string of the molecule is CCOC(=O)Cc1ccc(OC)c(Oc2ccc(C(F)(F)F)cc2CN(Cc2ccccc2)C(C)=O)c1. The van der Waals surface area contributed by atoms with E-state index < -0.39 is 17.7 Å². The molecule has 37 heavy (non-hydrogen) atoms. The lowest BCUT2D eigenvalue weighted by Crippen LogP contribution is -2.28. The molecule has 1 amide bonds. The van der Waals surface area contributed by atoms with E-state index in [1.54, 1.807) is 25.1 Å². The Morgan fingerprint density at radius 1 is 0.865 bits per heavy atom. The van der Waals surface area contributed by atoms with Crippen molar-refractivity contribution in [3.63, 3.8) is 0 Å². The van der Waals surface area contributed by atoms with Crippen LogP contribution in [0.25, 0.3) is 0 Å². The van der Waals surface area contributed by atoms with Gasteiger partial charge in [-0.1, -0.05) is 36.4 Å². The fourth-order valence-corrected chi connectivity index (χ4v) is 3.67. The summed E-state index contributed by atoms with van der Waals surface area (Å²) < 4.78 is 57.0. The fourth-order valence-electron chi connectivity index (χ4n) is 3.67. The highest BCUT2D eigenvalue weighted by Crippen LogP contribution is 2.38. The van der Waals surface area contributed by atoms with Crippen LogP contribution in [0.1, 0.15) is 36.1 Å². The number of esters is 1. The fraction of sp³-hybridized carbons (Fsp3) is 0.286. The Kier molecular flexibility index (Phi) is 9.16. The second-order valence-corrected chi connectivity index (χ2v) is 8.25. The summed E-state index contributed by atoms with van der Waals surface area (Å²) in [6.07, 6.45) is -4.59. The molecule has 3 aromatic rings. The molecule has 0 N–H and O–H groups in total. The predicted molar refractivity (Wildman–Crippen MR) is 131 cm³/mol. The first-order chi connectivity index (χ1) is 17.6. The van der Waals surface area contributed by atoms with Crippen LogP contribution in [0.4, 0.5) is 13.2 Å². The molecule has 9 heteroatoms. The van der Waals surface area contributed by atoms with Crippen LogP contribution in [-0.2, 0) is 40.0 Å². The molecule has 0 fully saturated rings. The Bertz CT molecular complexity index is 1230. The monoisotopic (exact) mass is 515 g/mol. The summed E-state index contributed by atoms with van der Waals surface area (Å²) in [5.74, 6) is -0.0686. The number of amides is 1. The van der Waals surface area contributed by atoms with E-state index in [0.717, 1.165) is 17.7 Å². The zero-order valence-electron chi connectivity index (χ0n) is 20.8. The minimum atomic E-state index is -4.58. The van der Waals surface area contributed by atoms with Crippen molar-refractivity contribution >= 4 is 11.9 Å². The normalized spacial score (nSPS) is 11.1. The summed E-state index contributed by atoms with van der Waals surface area (Å²) in [5, 5.41) is 0. The summed E-state index contributed by atoms with van der Waals surface area (Å²) in [6, 6.07) is 17.1.